The molecule has 0 atom stereocenters. The van der Waals surface area contributed by atoms with Gasteiger partial charge in [0.25, 0.3) is 0 Å². The largest absolute Gasteiger partial charge is 0.465 e. The van der Waals surface area contributed by atoms with Crippen LogP contribution in [0.3, 0.4) is 0 Å². The van der Waals surface area contributed by atoms with Gasteiger partial charge in [0, 0.05) is 5.56 Å². The maximum absolute atomic E-state index is 11.5. The molecule has 0 bridgehead atoms. The molecule has 0 N–H and O–H groups in total. The molecule has 0 spiro atoms. The molecule has 2 aromatic heterocycles. The van der Waals surface area contributed by atoms with E-state index in [0.29, 0.717) is 30.4 Å². The van der Waals surface area contributed by atoms with Gasteiger partial charge in [0.1, 0.15) is 5.01 Å². The Morgan fingerprint density at radius 3 is 2.64 bits per heavy atom. The average Bonchev–Trinajstić information content (AvgIpc) is 3.33. The molecule has 142 valence electrons. The Morgan fingerprint density at radius 1 is 1.11 bits per heavy atom. The van der Waals surface area contributed by atoms with Crippen molar-refractivity contribution < 1.29 is 14.1 Å². The van der Waals surface area contributed by atoms with E-state index in [1.54, 1.807) is 35.6 Å². The van der Waals surface area contributed by atoms with E-state index in [-0.39, 0.29) is 5.97 Å². The van der Waals surface area contributed by atoms with Crippen molar-refractivity contribution in [3.63, 3.8) is 0 Å². The van der Waals surface area contributed by atoms with Crippen LogP contribution in [0.4, 0.5) is 0 Å². The second kappa shape index (κ2) is 7.87. The molecule has 2 aromatic carbocycles. The van der Waals surface area contributed by atoms with Crippen molar-refractivity contribution in [2.75, 3.05) is 14.2 Å². The number of hydrogen-bond donors (Lipinski definition) is 0. The van der Waals surface area contributed by atoms with Gasteiger partial charge in [0.05, 0.1) is 36.0 Å². The van der Waals surface area contributed by atoms with Crippen LogP contribution in [0.5, 0.6) is 0 Å². The monoisotopic (exact) mass is 394 g/mol. The Bertz CT molecular complexity index is 1070. The molecule has 0 radical (unpaired) electrons. The van der Waals surface area contributed by atoms with Crippen LogP contribution in [0.1, 0.15) is 21.3 Å². The Balaban J connectivity index is 1.41. The van der Waals surface area contributed by atoms with Crippen molar-refractivity contribution in [3.8, 4) is 11.4 Å². The van der Waals surface area contributed by atoms with Gasteiger partial charge in [-0.25, -0.2) is 9.78 Å². The number of carbonyl (C=O) groups is 1. The topological polar surface area (TPSA) is 81.4 Å². The van der Waals surface area contributed by atoms with E-state index < -0.39 is 0 Å². The number of benzene rings is 2. The van der Waals surface area contributed by atoms with Gasteiger partial charge < -0.3 is 9.26 Å². The standard InChI is InChI=1S/C20H18N4O3S/c1-24(12-18-21-15-5-3-4-6-16(15)28-18)11-17-22-19(23-27-17)13-7-9-14(10-8-13)20(25)26-2/h3-10H,11-12H2,1-2H3. The molecule has 0 amide bonds. The van der Waals surface area contributed by atoms with Crippen molar-refractivity contribution in [2.45, 2.75) is 13.1 Å². The fraction of sp³-hybridized carbons (Fsp3) is 0.200. The lowest BCUT2D eigenvalue weighted by atomic mass is 10.1. The summed E-state index contributed by atoms with van der Waals surface area (Å²) in [5, 5.41) is 5.08. The first-order valence-corrected chi connectivity index (χ1v) is 9.48. The van der Waals surface area contributed by atoms with E-state index in [0.717, 1.165) is 16.1 Å². The van der Waals surface area contributed by atoms with Crippen molar-refractivity contribution in [1.82, 2.24) is 20.0 Å². The fourth-order valence-corrected chi connectivity index (χ4v) is 3.86. The zero-order valence-corrected chi connectivity index (χ0v) is 16.3. The number of methoxy groups -OCH3 is 1. The van der Waals surface area contributed by atoms with Crippen LogP contribution in [0.2, 0.25) is 0 Å². The number of carbonyl (C=O) groups excluding carboxylic acids is 1. The predicted molar refractivity (Wildman–Crippen MR) is 106 cm³/mol. The van der Waals surface area contributed by atoms with Crippen LogP contribution in [-0.4, -0.2) is 40.2 Å². The third-order valence-electron chi connectivity index (χ3n) is 4.18. The summed E-state index contributed by atoms with van der Waals surface area (Å²) < 4.78 is 11.3. The number of nitrogens with zero attached hydrogens (tertiary/aromatic N) is 4. The molecule has 0 aliphatic heterocycles. The van der Waals surface area contributed by atoms with E-state index in [4.69, 9.17) is 9.26 Å². The van der Waals surface area contributed by atoms with Crippen molar-refractivity contribution >= 4 is 27.5 Å². The summed E-state index contributed by atoms with van der Waals surface area (Å²) in [7, 11) is 3.34. The number of rotatable bonds is 6. The van der Waals surface area contributed by atoms with Crippen LogP contribution < -0.4 is 0 Å². The molecule has 8 heteroatoms. The number of fused-ring (bicyclic) bond motifs is 1. The summed E-state index contributed by atoms with van der Waals surface area (Å²) in [4.78, 5) is 22.7. The van der Waals surface area contributed by atoms with Gasteiger partial charge in [-0.05, 0) is 31.3 Å². The molecule has 4 rings (SSSR count). The minimum absolute atomic E-state index is 0.378. The maximum Gasteiger partial charge on any atom is 0.337 e. The molecule has 0 saturated carbocycles. The summed E-state index contributed by atoms with van der Waals surface area (Å²) in [6.07, 6.45) is 0. The third-order valence-corrected chi connectivity index (χ3v) is 5.20. The van der Waals surface area contributed by atoms with Gasteiger partial charge in [-0.3, -0.25) is 4.90 Å². The number of para-hydroxylation sites is 1. The highest BCUT2D eigenvalue weighted by molar-refractivity contribution is 7.18. The van der Waals surface area contributed by atoms with Gasteiger partial charge >= 0.3 is 5.97 Å². The van der Waals surface area contributed by atoms with Gasteiger partial charge in [0.2, 0.25) is 11.7 Å². The first-order chi connectivity index (χ1) is 13.6. The fourth-order valence-electron chi connectivity index (χ4n) is 2.81. The van der Waals surface area contributed by atoms with Crippen LogP contribution in [-0.2, 0) is 17.8 Å². The minimum atomic E-state index is -0.378. The quantitative estimate of drug-likeness (QED) is 0.461. The maximum atomic E-state index is 11.5. The highest BCUT2D eigenvalue weighted by Crippen LogP contribution is 2.23. The van der Waals surface area contributed by atoms with E-state index in [9.17, 15) is 4.79 Å². The Labute approximate surface area is 165 Å². The molecular formula is C20H18N4O3S. The van der Waals surface area contributed by atoms with Crippen LogP contribution in [0, 0.1) is 0 Å². The van der Waals surface area contributed by atoms with E-state index in [1.165, 1.54) is 11.8 Å². The number of hydrogen-bond acceptors (Lipinski definition) is 8. The van der Waals surface area contributed by atoms with Crippen molar-refractivity contribution in [1.29, 1.82) is 0 Å². The normalized spacial score (nSPS) is 11.2. The lowest BCUT2D eigenvalue weighted by molar-refractivity contribution is 0.0601. The molecule has 2 heterocycles. The molecule has 0 aliphatic rings. The molecule has 28 heavy (non-hydrogen) atoms. The van der Waals surface area contributed by atoms with E-state index >= 15 is 0 Å². The zero-order chi connectivity index (χ0) is 19.5. The molecular weight excluding hydrogens is 376 g/mol. The SMILES string of the molecule is COC(=O)c1ccc(-c2noc(CN(C)Cc3nc4ccccc4s3)n2)cc1. The first-order valence-electron chi connectivity index (χ1n) is 8.66. The number of thiazole rings is 1. The molecule has 0 saturated heterocycles. The van der Waals surface area contributed by atoms with Crippen LogP contribution >= 0.6 is 11.3 Å². The van der Waals surface area contributed by atoms with Gasteiger partial charge in [-0.1, -0.05) is 29.4 Å². The van der Waals surface area contributed by atoms with E-state index in [1.807, 2.05) is 25.2 Å². The summed E-state index contributed by atoms with van der Waals surface area (Å²) in [5.74, 6) is 0.632. The number of esters is 1. The molecule has 0 fully saturated rings. The lowest BCUT2D eigenvalue weighted by Gasteiger charge is -2.11. The molecule has 4 aromatic rings. The third kappa shape index (κ3) is 3.92. The zero-order valence-electron chi connectivity index (χ0n) is 15.5. The highest BCUT2D eigenvalue weighted by atomic mass is 32.1. The summed E-state index contributed by atoms with van der Waals surface area (Å²) in [6, 6.07) is 15.0. The number of aromatic nitrogens is 3. The predicted octanol–water partition coefficient (Wildman–Crippen LogP) is 3.76. The van der Waals surface area contributed by atoms with Crippen molar-refractivity contribution in [3.05, 3.63) is 65.0 Å². The lowest BCUT2D eigenvalue weighted by Crippen LogP contribution is -2.17. The number of ether oxygens (including phenoxy) is 1. The average molecular weight is 394 g/mol. The molecule has 7 nitrogen and oxygen atoms in total. The van der Waals surface area contributed by atoms with Gasteiger partial charge in [-0.2, -0.15) is 4.98 Å². The summed E-state index contributed by atoms with van der Waals surface area (Å²) in [5.41, 5.74) is 2.27. The van der Waals surface area contributed by atoms with Crippen LogP contribution in [0.25, 0.3) is 21.6 Å². The Morgan fingerprint density at radius 2 is 1.89 bits per heavy atom. The second-order valence-electron chi connectivity index (χ2n) is 6.33. The van der Waals surface area contributed by atoms with Crippen LogP contribution in [0.15, 0.2) is 53.1 Å². The van der Waals surface area contributed by atoms with Crippen molar-refractivity contribution in [2.24, 2.45) is 0 Å². The summed E-state index contributed by atoms with van der Waals surface area (Å²) >= 11 is 1.69. The molecule has 0 aliphatic carbocycles. The Kier molecular flexibility index (Phi) is 5.14. The molecule has 0 unspecified atom stereocenters. The highest BCUT2D eigenvalue weighted by Gasteiger charge is 2.13. The second-order valence-corrected chi connectivity index (χ2v) is 7.44. The Hall–Kier alpha value is -3.10. The smallest absolute Gasteiger partial charge is 0.337 e. The van der Waals surface area contributed by atoms with Gasteiger partial charge in [0.15, 0.2) is 0 Å². The van der Waals surface area contributed by atoms with E-state index in [2.05, 4.69) is 26.1 Å². The van der Waals surface area contributed by atoms with Gasteiger partial charge in [-0.15, -0.1) is 11.3 Å². The first kappa shape index (κ1) is 18.3. The summed E-state index contributed by atoms with van der Waals surface area (Å²) in [6.45, 7) is 1.22. The minimum Gasteiger partial charge on any atom is -0.465 e.